The zero-order valence-corrected chi connectivity index (χ0v) is 15.7. The van der Waals surface area contributed by atoms with Crippen LogP contribution in [0.1, 0.15) is 5.56 Å². The molecule has 140 valence electrons. The first kappa shape index (κ1) is 17.9. The third-order valence-corrected chi connectivity index (χ3v) is 4.83. The SMILES string of the molecule is CN1CCN(c2ccc(-c3ccnc(Nc4cccnc4)n3)cc2C#N)CC1. The van der Waals surface area contributed by atoms with Crippen LogP contribution in [0, 0.1) is 11.3 Å². The fraction of sp³-hybridized carbons (Fsp3) is 0.238. The average Bonchev–Trinajstić information content (AvgIpc) is 2.75. The van der Waals surface area contributed by atoms with Crippen molar-refractivity contribution in [3.8, 4) is 17.3 Å². The molecule has 0 amide bonds. The minimum atomic E-state index is 0.493. The van der Waals surface area contributed by atoms with Gasteiger partial charge >= 0.3 is 0 Å². The molecule has 4 rings (SSSR count). The summed E-state index contributed by atoms with van der Waals surface area (Å²) in [7, 11) is 2.12. The Morgan fingerprint density at radius 2 is 1.93 bits per heavy atom. The van der Waals surface area contributed by atoms with E-state index >= 15 is 0 Å². The molecular weight excluding hydrogens is 350 g/mol. The Morgan fingerprint density at radius 1 is 1.07 bits per heavy atom. The highest BCUT2D eigenvalue weighted by atomic mass is 15.2. The van der Waals surface area contributed by atoms with Gasteiger partial charge in [0.1, 0.15) is 6.07 Å². The van der Waals surface area contributed by atoms with E-state index in [1.54, 1.807) is 18.6 Å². The Balaban J connectivity index is 1.59. The molecule has 3 heterocycles. The van der Waals surface area contributed by atoms with Crippen molar-refractivity contribution < 1.29 is 0 Å². The summed E-state index contributed by atoms with van der Waals surface area (Å²) in [5, 5.41) is 12.8. The Morgan fingerprint density at radius 3 is 2.68 bits per heavy atom. The molecule has 0 spiro atoms. The van der Waals surface area contributed by atoms with Crippen LogP contribution in [0.5, 0.6) is 0 Å². The largest absolute Gasteiger partial charge is 0.368 e. The van der Waals surface area contributed by atoms with Gasteiger partial charge in [-0.1, -0.05) is 6.07 Å². The molecule has 28 heavy (non-hydrogen) atoms. The van der Waals surface area contributed by atoms with Gasteiger partial charge < -0.3 is 15.1 Å². The smallest absolute Gasteiger partial charge is 0.227 e. The molecule has 7 heteroatoms. The van der Waals surface area contributed by atoms with E-state index in [2.05, 4.69) is 43.2 Å². The van der Waals surface area contributed by atoms with Crippen molar-refractivity contribution in [1.82, 2.24) is 19.9 Å². The lowest BCUT2D eigenvalue weighted by Gasteiger charge is -2.34. The summed E-state index contributed by atoms with van der Waals surface area (Å²) in [6, 6.07) is 13.9. The first-order chi connectivity index (χ1) is 13.7. The van der Waals surface area contributed by atoms with Crippen molar-refractivity contribution in [1.29, 1.82) is 5.26 Å². The summed E-state index contributed by atoms with van der Waals surface area (Å²) < 4.78 is 0. The fourth-order valence-electron chi connectivity index (χ4n) is 3.25. The molecule has 0 aliphatic carbocycles. The maximum Gasteiger partial charge on any atom is 0.227 e. The van der Waals surface area contributed by atoms with E-state index in [1.807, 2.05) is 36.4 Å². The second kappa shape index (κ2) is 8.03. The number of likely N-dealkylation sites (N-methyl/N-ethyl adjacent to an activating group) is 1. The highest BCUT2D eigenvalue weighted by molar-refractivity contribution is 5.70. The van der Waals surface area contributed by atoms with E-state index in [1.165, 1.54) is 0 Å². The number of anilines is 3. The second-order valence-electron chi connectivity index (χ2n) is 6.77. The van der Waals surface area contributed by atoms with E-state index in [9.17, 15) is 5.26 Å². The zero-order valence-electron chi connectivity index (χ0n) is 15.7. The Bertz CT molecular complexity index is 989. The van der Waals surface area contributed by atoms with E-state index < -0.39 is 0 Å². The highest BCUT2D eigenvalue weighted by Gasteiger charge is 2.17. The number of rotatable bonds is 4. The molecule has 0 bridgehead atoms. The predicted molar refractivity (Wildman–Crippen MR) is 109 cm³/mol. The van der Waals surface area contributed by atoms with Crippen molar-refractivity contribution >= 4 is 17.3 Å². The van der Waals surface area contributed by atoms with Gasteiger partial charge in [0.25, 0.3) is 0 Å². The van der Waals surface area contributed by atoms with Gasteiger partial charge in [0.2, 0.25) is 5.95 Å². The summed E-state index contributed by atoms with van der Waals surface area (Å²) in [6.45, 7) is 3.86. The molecule has 1 fully saturated rings. The summed E-state index contributed by atoms with van der Waals surface area (Å²) in [4.78, 5) is 17.5. The summed E-state index contributed by atoms with van der Waals surface area (Å²) in [5.74, 6) is 0.493. The number of benzene rings is 1. The maximum absolute atomic E-state index is 9.68. The third-order valence-electron chi connectivity index (χ3n) is 4.83. The lowest BCUT2D eigenvalue weighted by atomic mass is 10.1. The summed E-state index contributed by atoms with van der Waals surface area (Å²) >= 11 is 0. The van der Waals surface area contributed by atoms with Crippen molar-refractivity contribution in [2.24, 2.45) is 0 Å². The van der Waals surface area contributed by atoms with Crippen LogP contribution in [-0.4, -0.2) is 53.1 Å². The van der Waals surface area contributed by atoms with Crippen LogP contribution in [0.4, 0.5) is 17.3 Å². The number of nitriles is 1. The monoisotopic (exact) mass is 371 g/mol. The summed E-state index contributed by atoms with van der Waals surface area (Å²) in [5.41, 5.74) is 4.14. The van der Waals surface area contributed by atoms with Crippen LogP contribution in [-0.2, 0) is 0 Å². The van der Waals surface area contributed by atoms with Gasteiger partial charge in [0.05, 0.1) is 28.8 Å². The number of aromatic nitrogens is 3. The Kier molecular flexibility index (Phi) is 5.13. The maximum atomic E-state index is 9.68. The number of nitrogens with zero attached hydrogens (tertiary/aromatic N) is 6. The molecule has 7 nitrogen and oxygen atoms in total. The van der Waals surface area contributed by atoms with Crippen LogP contribution < -0.4 is 10.2 Å². The van der Waals surface area contributed by atoms with Crippen molar-refractivity contribution in [3.05, 3.63) is 60.6 Å². The molecule has 0 unspecified atom stereocenters. The molecule has 1 aliphatic heterocycles. The third kappa shape index (κ3) is 3.92. The number of nitrogens with one attached hydrogen (secondary N) is 1. The van der Waals surface area contributed by atoms with Gasteiger partial charge in [-0.25, -0.2) is 9.97 Å². The Hall–Kier alpha value is -3.50. The predicted octanol–water partition coefficient (Wildman–Crippen LogP) is 2.91. The molecule has 0 radical (unpaired) electrons. The number of piperazine rings is 1. The molecule has 0 atom stereocenters. The number of hydrogen-bond acceptors (Lipinski definition) is 7. The first-order valence-electron chi connectivity index (χ1n) is 9.21. The molecule has 1 aliphatic rings. The van der Waals surface area contributed by atoms with Gasteiger partial charge in [-0.05, 0) is 37.4 Å². The van der Waals surface area contributed by atoms with Crippen molar-refractivity contribution in [3.63, 3.8) is 0 Å². The normalized spacial score (nSPS) is 14.5. The van der Waals surface area contributed by atoms with Gasteiger partial charge in [-0.3, -0.25) is 4.98 Å². The van der Waals surface area contributed by atoms with Crippen LogP contribution >= 0.6 is 0 Å². The van der Waals surface area contributed by atoms with Crippen molar-refractivity contribution in [2.45, 2.75) is 0 Å². The van der Waals surface area contributed by atoms with E-state index in [0.29, 0.717) is 11.5 Å². The molecule has 1 N–H and O–H groups in total. The average molecular weight is 371 g/mol. The van der Waals surface area contributed by atoms with Crippen LogP contribution in [0.2, 0.25) is 0 Å². The molecule has 1 aromatic carbocycles. The molecular formula is C21H21N7. The zero-order chi connectivity index (χ0) is 19.3. The quantitative estimate of drug-likeness (QED) is 0.755. The molecule has 3 aromatic rings. The van der Waals surface area contributed by atoms with Crippen LogP contribution in [0.25, 0.3) is 11.3 Å². The van der Waals surface area contributed by atoms with Crippen LogP contribution in [0.3, 0.4) is 0 Å². The van der Waals surface area contributed by atoms with Crippen molar-refractivity contribution in [2.75, 3.05) is 43.4 Å². The lowest BCUT2D eigenvalue weighted by molar-refractivity contribution is 0.313. The van der Waals surface area contributed by atoms with E-state index in [4.69, 9.17) is 0 Å². The van der Waals surface area contributed by atoms with Crippen LogP contribution in [0.15, 0.2) is 55.0 Å². The van der Waals surface area contributed by atoms with E-state index in [-0.39, 0.29) is 0 Å². The standard InChI is InChI=1S/C21H21N7/c1-27-9-11-28(12-10-27)20-5-4-16(13-17(20)14-22)19-6-8-24-21(26-19)25-18-3-2-7-23-15-18/h2-8,13,15H,9-12H2,1H3,(H,24,25,26). The van der Waals surface area contributed by atoms with E-state index in [0.717, 1.165) is 48.8 Å². The molecule has 1 saturated heterocycles. The number of pyridine rings is 1. The second-order valence-corrected chi connectivity index (χ2v) is 6.77. The minimum absolute atomic E-state index is 0.493. The van der Waals surface area contributed by atoms with Gasteiger partial charge in [0, 0.05) is 44.1 Å². The topological polar surface area (TPSA) is 81.0 Å². The fourth-order valence-corrected chi connectivity index (χ4v) is 3.25. The Labute approximate surface area is 164 Å². The first-order valence-corrected chi connectivity index (χ1v) is 9.21. The summed E-state index contributed by atoms with van der Waals surface area (Å²) in [6.07, 6.45) is 5.14. The van der Waals surface area contributed by atoms with Gasteiger partial charge in [-0.15, -0.1) is 0 Å². The van der Waals surface area contributed by atoms with Gasteiger partial charge in [-0.2, -0.15) is 5.26 Å². The lowest BCUT2D eigenvalue weighted by Crippen LogP contribution is -2.44. The molecule has 2 aromatic heterocycles. The van der Waals surface area contributed by atoms with Gasteiger partial charge in [0.15, 0.2) is 0 Å². The number of hydrogen-bond donors (Lipinski definition) is 1. The molecule has 0 saturated carbocycles. The highest BCUT2D eigenvalue weighted by Crippen LogP contribution is 2.27. The minimum Gasteiger partial charge on any atom is -0.368 e.